The molecule has 4 nitrogen and oxygen atoms in total. The van der Waals surface area contributed by atoms with Gasteiger partial charge in [-0.15, -0.1) is 10.2 Å². The summed E-state index contributed by atoms with van der Waals surface area (Å²) in [5.74, 6) is 1.19. The van der Waals surface area contributed by atoms with Crippen LogP contribution in [0.4, 0.5) is 0 Å². The van der Waals surface area contributed by atoms with Crippen LogP contribution in [0.3, 0.4) is 0 Å². The zero-order valence-electron chi connectivity index (χ0n) is 17.4. The summed E-state index contributed by atoms with van der Waals surface area (Å²) in [6.07, 6.45) is 0. The molecule has 3 aromatic carbocycles. The molecule has 0 fully saturated rings. The van der Waals surface area contributed by atoms with E-state index in [2.05, 4.69) is 42.8 Å². The van der Waals surface area contributed by atoms with Crippen LogP contribution in [-0.2, 0) is 6.54 Å². The molecule has 0 amide bonds. The van der Waals surface area contributed by atoms with Crippen LogP contribution in [0.5, 0.6) is 0 Å². The second kappa shape index (κ2) is 9.62. The summed E-state index contributed by atoms with van der Waals surface area (Å²) in [7, 11) is 0. The van der Waals surface area contributed by atoms with Crippen molar-refractivity contribution in [3.63, 3.8) is 0 Å². The predicted octanol–water partition coefficient (Wildman–Crippen LogP) is 6.35. The predicted molar refractivity (Wildman–Crippen MR) is 130 cm³/mol. The zero-order valence-corrected chi connectivity index (χ0v) is 19.8. The van der Waals surface area contributed by atoms with Gasteiger partial charge in [0.25, 0.3) is 0 Å². The van der Waals surface area contributed by atoms with Crippen LogP contribution in [0, 0.1) is 13.8 Å². The lowest BCUT2D eigenvalue weighted by molar-refractivity contribution is 0.102. The summed E-state index contributed by atoms with van der Waals surface area (Å²) in [6.45, 7) is 4.61. The van der Waals surface area contributed by atoms with Crippen LogP contribution in [0.2, 0.25) is 0 Å². The second-order valence-electron chi connectivity index (χ2n) is 7.39. The summed E-state index contributed by atoms with van der Waals surface area (Å²) in [6, 6.07) is 24.2. The van der Waals surface area contributed by atoms with Gasteiger partial charge in [0, 0.05) is 15.6 Å². The summed E-state index contributed by atoms with van der Waals surface area (Å²) < 4.78 is 3.04. The van der Waals surface area contributed by atoms with Gasteiger partial charge in [-0.3, -0.25) is 9.36 Å². The number of rotatable bonds is 7. The van der Waals surface area contributed by atoms with E-state index in [4.69, 9.17) is 0 Å². The molecule has 31 heavy (non-hydrogen) atoms. The molecule has 4 aromatic rings. The van der Waals surface area contributed by atoms with E-state index in [0.717, 1.165) is 43.3 Å². The largest absolute Gasteiger partial charge is 0.298 e. The summed E-state index contributed by atoms with van der Waals surface area (Å²) in [4.78, 5) is 12.9. The minimum Gasteiger partial charge on any atom is -0.298 e. The number of hydrogen-bond donors (Lipinski definition) is 0. The molecule has 4 rings (SSSR count). The Morgan fingerprint density at radius 3 is 2.48 bits per heavy atom. The number of nitrogens with zero attached hydrogens (tertiary/aromatic N) is 3. The number of aryl methyl sites for hydroxylation is 2. The Balaban J connectivity index is 1.65. The number of hydrogen-bond acceptors (Lipinski definition) is 4. The van der Waals surface area contributed by atoms with E-state index < -0.39 is 0 Å². The van der Waals surface area contributed by atoms with Crippen molar-refractivity contribution in [3.05, 3.63) is 99.5 Å². The fourth-order valence-corrected chi connectivity index (χ4v) is 4.67. The molecule has 1 aromatic heterocycles. The highest BCUT2D eigenvalue weighted by molar-refractivity contribution is 9.10. The van der Waals surface area contributed by atoms with E-state index in [1.54, 1.807) is 0 Å². The van der Waals surface area contributed by atoms with Gasteiger partial charge < -0.3 is 0 Å². The van der Waals surface area contributed by atoms with E-state index in [-0.39, 0.29) is 5.78 Å². The van der Waals surface area contributed by atoms with Crippen molar-refractivity contribution < 1.29 is 4.79 Å². The Kier molecular flexibility index (Phi) is 6.68. The maximum Gasteiger partial charge on any atom is 0.192 e. The van der Waals surface area contributed by atoms with Crippen molar-refractivity contribution in [1.29, 1.82) is 0 Å². The van der Waals surface area contributed by atoms with Crippen molar-refractivity contribution in [3.8, 4) is 11.4 Å². The molecule has 0 aliphatic rings. The van der Waals surface area contributed by atoms with Crippen molar-refractivity contribution >= 4 is 33.5 Å². The Morgan fingerprint density at radius 2 is 1.71 bits per heavy atom. The first kappa shape index (κ1) is 21.5. The van der Waals surface area contributed by atoms with Gasteiger partial charge in [-0.05, 0) is 37.1 Å². The Bertz CT molecular complexity index is 1220. The number of Topliss-reactive ketones (excluding diaryl/α,β-unsaturated/α-hetero) is 1. The second-order valence-corrected chi connectivity index (χ2v) is 9.18. The molecule has 0 N–H and O–H groups in total. The Morgan fingerprint density at radius 1 is 0.968 bits per heavy atom. The highest BCUT2D eigenvalue weighted by atomic mass is 79.9. The average Bonchev–Trinajstić information content (AvgIpc) is 3.17. The molecular weight excluding hydrogens is 470 g/mol. The molecule has 0 saturated carbocycles. The number of halogens is 1. The molecule has 0 aliphatic carbocycles. The molecule has 0 aliphatic heterocycles. The number of ketones is 1. The first-order valence-electron chi connectivity index (χ1n) is 9.98. The molecule has 156 valence electrons. The van der Waals surface area contributed by atoms with Gasteiger partial charge in [0.2, 0.25) is 0 Å². The quantitative estimate of drug-likeness (QED) is 0.223. The van der Waals surface area contributed by atoms with Gasteiger partial charge in [-0.1, -0.05) is 93.9 Å². The molecule has 0 atom stereocenters. The van der Waals surface area contributed by atoms with Crippen LogP contribution in [0.25, 0.3) is 11.4 Å². The average molecular weight is 492 g/mol. The standard InChI is InChI=1S/C25H22BrN3OS/c1-17-12-13-18(2)21(14-17)23(30)16-31-25-28-27-24(20-10-6-7-11-22(20)26)29(25)15-19-8-4-3-5-9-19/h3-14H,15-16H2,1-2H3. The SMILES string of the molecule is Cc1ccc(C)c(C(=O)CSc2nnc(-c3ccccc3Br)n2Cc2ccccc2)c1. The number of thioether (sulfide) groups is 1. The van der Waals surface area contributed by atoms with E-state index in [0.29, 0.717) is 12.3 Å². The van der Waals surface area contributed by atoms with Gasteiger partial charge in [0.15, 0.2) is 16.8 Å². The smallest absolute Gasteiger partial charge is 0.192 e. The lowest BCUT2D eigenvalue weighted by Gasteiger charge is -2.12. The number of benzene rings is 3. The third-order valence-corrected chi connectivity index (χ3v) is 6.70. The summed E-state index contributed by atoms with van der Waals surface area (Å²) >= 11 is 5.06. The van der Waals surface area contributed by atoms with Crippen molar-refractivity contribution in [2.45, 2.75) is 25.5 Å². The lowest BCUT2D eigenvalue weighted by Crippen LogP contribution is -2.08. The molecule has 0 bridgehead atoms. The lowest BCUT2D eigenvalue weighted by atomic mass is 10.0. The van der Waals surface area contributed by atoms with Gasteiger partial charge in [0.1, 0.15) is 0 Å². The van der Waals surface area contributed by atoms with Crippen LogP contribution < -0.4 is 0 Å². The Labute approximate surface area is 194 Å². The normalized spacial score (nSPS) is 10.9. The van der Waals surface area contributed by atoms with Crippen LogP contribution in [-0.4, -0.2) is 26.3 Å². The number of carbonyl (C=O) groups is 1. The third kappa shape index (κ3) is 4.97. The van der Waals surface area contributed by atoms with Crippen molar-refractivity contribution in [1.82, 2.24) is 14.8 Å². The highest BCUT2D eigenvalue weighted by Gasteiger charge is 2.18. The number of carbonyl (C=O) groups excluding carboxylic acids is 1. The van der Waals surface area contributed by atoms with Gasteiger partial charge in [0.05, 0.1) is 12.3 Å². The zero-order chi connectivity index (χ0) is 21.8. The van der Waals surface area contributed by atoms with Crippen molar-refractivity contribution in [2.24, 2.45) is 0 Å². The minimum atomic E-state index is 0.0999. The van der Waals surface area contributed by atoms with Crippen LogP contribution >= 0.6 is 27.7 Å². The van der Waals surface area contributed by atoms with Crippen molar-refractivity contribution in [2.75, 3.05) is 5.75 Å². The molecule has 0 saturated heterocycles. The monoisotopic (exact) mass is 491 g/mol. The Hall–Kier alpha value is -2.70. The first-order chi connectivity index (χ1) is 15.0. The molecule has 0 spiro atoms. The molecule has 6 heteroatoms. The molecule has 0 unspecified atom stereocenters. The third-order valence-electron chi connectivity index (χ3n) is 5.04. The van der Waals surface area contributed by atoms with Gasteiger partial charge in [-0.2, -0.15) is 0 Å². The minimum absolute atomic E-state index is 0.0999. The molecular formula is C25H22BrN3OS. The fraction of sp³-hybridized carbons (Fsp3) is 0.160. The molecule has 1 heterocycles. The summed E-state index contributed by atoms with van der Waals surface area (Å²) in [5, 5.41) is 9.64. The number of aromatic nitrogens is 3. The van der Waals surface area contributed by atoms with Gasteiger partial charge >= 0.3 is 0 Å². The van der Waals surface area contributed by atoms with E-state index >= 15 is 0 Å². The maximum absolute atomic E-state index is 12.9. The topological polar surface area (TPSA) is 47.8 Å². The van der Waals surface area contributed by atoms with Crippen LogP contribution in [0.15, 0.2) is 82.4 Å². The van der Waals surface area contributed by atoms with E-state index in [1.165, 1.54) is 11.8 Å². The van der Waals surface area contributed by atoms with Gasteiger partial charge in [-0.25, -0.2) is 0 Å². The fourth-order valence-electron chi connectivity index (χ4n) is 3.39. The van der Waals surface area contributed by atoms with E-state index in [9.17, 15) is 4.79 Å². The maximum atomic E-state index is 12.9. The first-order valence-corrected chi connectivity index (χ1v) is 11.8. The summed E-state index contributed by atoms with van der Waals surface area (Å²) in [5.41, 5.74) is 4.97. The van der Waals surface area contributed by atoms with Crippen LogP contribution in [0.1, 0.15) is 27.0 Å². The van der Waals surface area contributed by atoms with E-state index in [1.807, 2.05) is 74.5 Å². The highest BCUT2D eigenvalue weighted by Crippen LogP contribution is 2.30. The molecule has 0 radical (unpaired) electrons.